The molecule has 156 valence electrons. The standard InChI is InChI=1S/C21H21N3O6/c1-13(22-15-5-9-17(30-2)10-6-15)18-19(23(11-12-25)21(27)20(18)26)14-3-7-16(8-4-14)24(28)29/h3-10,19,22,25H,11-12H2,1-2H3/b18-13+/t19-/m1/s1. The molecule has 30 heavy (non-hydrogen) atoms. The first-order valence-corrected chi connectivity index (χ1v) is 9.19. The molecule has 0 aliphatic carbocycles. The molecule has 0 aromatic heterocycles. The molecule has 2 aromatic carbocycles. The van der Waals surface area contributed by atoms with Crippen LogP contribution in [-0.2, 0) is 9.59 Å². The number of ketones is 1. The molecule has 0 unspecified atom stereocenters. The first-order chi connectivity index (χ1) is 14.4. The Morgan fingerprint density at radius 2 is 1.80 bits per heavy atom. The summed E-state index contributed by atoms with van der Waals surface area (Å²) < 4.78 is 5.13. The molecule has 9 heteroatoms. The van der Waals surface area contributed by atoms with Gasteiger partial charge in [-0.05, 0) is 48.9 Å². The van der Waals surface area contributed by atoms with Crippen molar-refractivity contribution in [2.24, 2.45) is 0 Å². The van der Waals surface area contributed by atoms with Crippen molar-refractivity contribution in [3.8, 4) is 5.75 Å². The number of nitro groups is 1. The SMILES string of the molecule is COc1ccc(N/C(C)=C2/C(=O)C(=O)N(CCO)[C@@H]2c2ccc([N+](=O)[O-])cc2)cc1. The molecule has 1 atom stereocenters. The number of ether oxygens (including phenoxy) is 1. The number of nitrogens with one attached hydrogen (secondary N) is 1. The Kier molecular flexibility index (Phi) is 6.12. The molecule has 3 rings (SSSR count). The number of allylic oxidation sites excluding steroid dienone is 1. The molecule has 1 fully saturated rings. The second-order valence-corrected chi connectivity index (χ2v) is 6.69. The van der Waals surface area contributed by atoms with Crippen LogP contribution in [0.25, 0.3) is 0 Å². The van der Waals surface area contributed by atoms with Crippen molar-refractivity contribution >= 4 is 23.1 Å². The molecule has 2 aromatic rings. The number of rotatable bonds is 7. The highest BCUT2D eigenvalue weighted by atomic mass is 16.6. The summed E-state index contributed by atoms with van der Waals surface area (Å²) in [5.74, 6) is -0.723. The maximum atomic E-state index is 12.8. The predicted octanol–water partition coefficient (Wildman–Crippen LogP) is 2.43. The Hall–Kier alpha value is -3.72. The van der Waals surface area contributed by atoms with Crippen molar-refractivity contribution in [1.82, 2.24) is 4.90 Å². The van der Waals surface area contributed by atoms with E-state index < -0.39 is 22.7 Å². The van der Waals surface area contributed by atoms with E-state index in [2.05, 4.69) is 5.32 Å². The Morgan fingerprint density at radius 1 is 1.17 bits per heavy atom. The molecule has 1 aliphatic rings. The average molecular weight is 411 g/mol. The summed E-state index contributed by atoms with van der Waals surface area (Å²) in [5.41, 5.74) is 1.85. The number of carbonyl (C=O) groups is 2. The zero-order valence-corrected chi connectivity index (χ0v) is 16.5. The van der Waals surface area contributed by atoms with E-state index in [1.165, 1.54) is 29.2 Å². The quantitative estimate of drug-likeness (QED) is 0.310. The number of methoxy groups -OCH3 is 1. The van der Waals surface area contributed by atoms with Gasteiger partial charge in [0.15, 0.2) is 0 Å². The fraction of sp³-hybridized carbons (Fsp3) is 0.238. The van der Waals surface area contributed by atoms with Crippen molar-refractivity contribution in [3.05, 3.63) is 75.5 Å². The van der Waals surface area contributed by atoms with Crippen LogP contribution >= 0.6 is 0 Å². The number of carbonyl (C=O) groups excluding carboxylic acids is 2. The lowest BCUT2D eigenvalue weighted by atomic mass is 9.96. The zero-order valence-electron chi connectivity index (χ0n) is 16.5. The lowest BCUT2D eigenvalue weighted by molar-refractivity contribution is -0.384. The Morgan fingerprint density at radius 3 is 2.33 bits per heavy atom. The van der Waals surface area contributed by atoms with Crippen LogP contribution in [0.15, 0.2) is 59.8 Å². The first-order valence-electron chi connectivity index (χ1n) is 9.19. The number of non-ortho nitro benzene ring substituents is 1. The molecule has 9 nitrogen and oxygen atoms in total. The van der Waals surface area contributed by atoms with Crippen LogP contribution in [0.4, 0.5) is 11.4 Å². The lowest BCUT2D eigenvalue weighted by Gasteiger charge is -2.25. The van der Waals surface area contributed by atoms with Crippen molar-refractivity contribution in [1.29, 1.82) is 0 Å². The van der Waals surface area contributed by atoms with E-state index in [-0.39, 0.29) is 24.4 Å². The van der Waals surface area contributed by atoms with Gasteiger partial charge in [-0.25, -0.2) is 0 Å². The van der Waals surface area contributed by atoms with Gasteiger partial charge in [-0.3, -0.25) is 19.7 Å². The highest BCUT2D eigenvalue weighted by molar-refractivity contribution is 6.45. The van der Waals surface area contributed by atoms with Gasteiger partial charge in [0.25, 0.3) is 17.4 Å². The van der Waals surface area contributed by atoms with Crippen molar-refractivity contribution < 1.29 is 24.4 Å². The molecule has 1 aliphatic heterocycles. The predicted molar refractivity (Wildman–Crippen MR) is 109 cm³/mol. The molecule has 1 amide bonds. The largest absolute Gasteiger partial charge is 0.497 e. The first kappa shape index (κ1) is 21.0. The summed E-state index contributed by atoms with van der Waals surface area (Å²) in [4.78, 5) is 37.1. The van der Waals surface area contributed by atoms with E-state index in [1.807, 2.05) is 0 Å². The monoisotopic (exact) mass is 411 g/mol. The highest BCUT2D eigenvalue weighted by Crippen LogP contribution is 2.38. The van der Waals surface area contributed by atoms with Gasteiger partial charge in [-0.15, -0.1) is 0 Å². The number of hydrogen-bond acceptors (Lipinski definition) is 7. The Balaban J connectivity index is 2.03. The Labute approximate surface area is 172 Å². The number of Topliss-reactive ketones (excluding diaryl/α,β-unsaturated/α-hetero) is 1. The van der Waals surface area contributed by atoms with E-state index in [9.17, 15) is 24.8 Å². The molecule has 0 spiro atoms. The van der Waals surface area contributed by atoms with E-state index >= 15 is 0 Å². The minimum Gasteiger partial charge on any atom is -0.497 e. The van der Waals surface area contributed by atoms with Gasteiger partial charge in [0, 0.05) is 30.1 Å². The minimum absolute atomic E-state index is 0.0362. The summed E-state index contributed by atoms with van der Waals surface area (Å²) in [6, 6.07) is 12.0. The second kappa shape index (κ2) is 8.75. The summed E-state index contributed by atoms with van der Waals surface area (Å²) >= 11 is 0. The van der Waals surface area contributed by atoms with Gasteiger partial charge >= 0.3 is 0 Å². The van der Waals surface area contributed by atoms with Crippen molar-refractivity contribution in [2.45, 2.75) is 13.0 Å². The topological polar surface area (TPSA) is 122 Å². The van der Waals surface area contributed by atoms with Crippen LogP contribution in [0.1, 0.15) is 18.5 Å². The number of nitrogens with zero attached hydrogens (tertiary/aromatic N) is 2. The number of hydrogen-bond donors (Lipinski definition) is 2. The maximum absolute atomic E-state index is 12.8. The molecule has 1 saturated heterocycles. The second-order valence-electron chi connectivity index (χ2n) is 6.69. The Bertz CT molecular complexity index is 998. The number of amides is 1. The smallest absolute Gasteiger partial charge is 0.295 e. The van der Waals surface area contributed by atoms with Gasteiger partial charge in [0.1, 0.15) is 5.75 Å². The lowest BCUT2D eigenvalue weighted by Crippen LogP contribution is -2.32. The molecule has 0 radical (unpaired) electrons. The molecule has 0 bridgehead atoms. The third kappa shape index (κ3) is 4.01. The van der Waals surface area contributed by atoms with Crippen LogP contribution in [0, 0.1) is 10.1 Å². The molecule has 0 saturated carbocycles. The summed E-state index contributed by atoms with van der Waals surface area (Å²) in [7, 11) is 1.56. The number of benzene rings is 2. The number of aliphatic hydroxyl groups is 1. The van der Waals surface area contributed by atoms with Crippen molar-refractivity contribution in [3.63, 3.8) is 0 Å². The summed E-state index contributed by atoms with van der Waals surface area (Å²) in [6.07, 6.45) is 0. The van der Waals surface area contributed by atoms with Crippen LogP contribution < -0.4 is 10.1 Å². The van der Waals surface area contributed by atoms with Gasteiger partial charge in [-0.1, -0.05) is 0 Å². The number of β-amino-alcohol motifs (C(OH)–C–C–N with tert-alkyl or cyclic N) is 1. The van der Waals surface area contributed by atoms with Crippen LogP contribution in [0.5, 0.6) is 5.75 Å². The van der Waals surface area contributed by atoms with E-state index in [1.54, 1.807) is 38.3 Å². The third-order valence-electron chi connectivity index (χ3n) is 4.87. The normalized spacial score (nSPS) is 17.8. The fourth-order valence-electron chi connectivity index (χ4n) is 3.44. The molecular formula is C21H21N3O6. The van der Waals surface area contributed by atoms with E-state index in [4.69, 9.17) is 4.74 Å². The van der Waals surface area contributed by atoms with Crippen LogP contribution in [0.3, 0.4) is 0 Å². The van der Waals surface area contributed by atoms with Gasteiger partial charge in [0.05, 0.1) is 30.3 Å². The molecule has 1 heterocycles. The molecular weight excluding hydrogens is 390 g/mol. The van der Waals surface area contributed by atoms with E-state index in [0.29, 0.717) is 22.7 Å². The molecule has 2 N–H and O–H groups in total. The minimum atomic E-state index is -0.760. The zero-order chi connectivity index (χ0) is 21.8. The van der Waals surface area contributed by atoms with Gasteiger partial charge in [0.2, 0.25) is 0 Å². The summed E-state index contributed by atoms with van der Waals surface area (Å²) in [5, 5.41) is 23.5. The summed E-state index contributed by atoms with van der Waals surface area (Å²) in [6.45, 7) is 1.33. The van der Waals surface area contributed by atoms with Crippen LogP contribution in [-0.4, -0.2) is 46.9 Å². The number of likely N-dealkylation sites (tertiary alicyclic amines) is 1. The van der Waals surface area contributed by atoms with Crippen molar-refractivity contribution in [2.75, 3.05) is 25.6 Å². The fourth-order valence-corrected chi connectivity index (χ4v) is 3.44. The third-order valence-corrected chi connectivity index (χ3v) is 4.87. The van der Waals surface area contributed by atoms with E-state index in [0.717, 1.165) is 0 Å². The highest BCUT2D eigenvalue weighted by Gasteiger charge is 2.44. The van der Waals surface area contributed by atoms with Crippen LogP contribution in [0.2, 0.25) is 0 Å². The van der Waals surface area contributed by atoms with Gasteiger partial charge in [-0.2, -0.15) is 0 Å². The average Bonchev–Trinajstić information content (AvgIpc) is 2.99. The number of nitro benzene ring substituents is 1. The number of aliphatic hydroxyl groups excluding tert-OH is 1. The number of anilines is 1. The maximum Gasteiger partial charge on any atom is 0.295 e. The van der Waals surface area contributed by atoms with Gasteiger partial charge < -0.3 is 20.1 Å².